The second-order valence-corrected chi connectivity index (χ2v) is 4.29. The maximum Gasteiger partial charge on any atom is 0.146 e. The van der Waals surface area contributed by atoms with Crippen LogP contribution < -0.4 is 0 Å². The van der Waals surface area contributed by atoms with Crippen LogP contribution in [0.5, 0.6) is 0 Å². The summed E-state index contributed by atoms with van der Waals surface area (Å²) in [6.45, 7) is 0.963. The Morgan fingerprint density at radius 1 is 1.38 bits per heavy atom. The molecule has 3 heteroatoms. The Hall–Kier alpha value is -0.460. The first-order chi connectivity index (χ1) is 6.35. The van der Waals surface area contributed by atoms with Crippen molar-refractivity contribution in [2.24, 2.45) is 11.8 Å². The summed E-state index contributed by atoms with van der Waals surface area (Å²) >= 11 is 5.81. The lowest BCUT2D eigenvalue weighted by Crippen LogP contribution is -2.25. The summed E-state index contributed by atoms with van der Waals surface area (Å²) in [5.41, 5.74) is 0.829. The van der Waals surface area contributed by atoms with Crippen molar-refractivity contribution in [3.05, 3.63) is 5.70 Å². The molecule has 0 spiro atoms. The van der Waals surface area contributed by atoms with Gasteiger partial charge in [-0.25, -0.2) is 4.79 Å². The number of hydrogen-bond acceptors (Lipinski definition) is 2. The highest BCUT2D eigenvalue weighted by molar-refractivity contribution is 6.17. The molecule has 0 atom stereocenters. The lowest BCUT2D eigenvalue weighted by molar-refractivity contribution is 0.317. The summed E-state index contributed by atoms with van der Waals surface area (Å²) in [6.07, 6.45) is 4.82. The number of nitrogens with zero attached hydrogens (tertiary/aromatic N) is 1. The van der Waals surface area contributed by atoms with Gasteiger partial charge in [0.15, 0.2) is 0 Å². The zero-order chi connectivity index (χ0) is 9.26. The van der Waals surface area contributed by atoms with E-state index in [0.717, 1.165) is 31.0 Å². The predicted octanol–water partition coefficient (Wildman–Crippen LogP) is 2.02. The van der Waals surface area contributed by atoms with Crippen LogP contribution in [0.4, 0.5) is 0 Å². The van der Waals surface area contributed by atoms with E-state index in [1.165, 1.54) is 12.8 Å². The standard InChI is InChI=1S/C10H14ClNO/c11-7-12-5-8-1-3-9(4-2-8)10(12)6-13/h8-9H,1-5,7H2. The molecule has 0 amide bonds. The molecule has 1 saturated carbocycles. The predicted molar refractivity (Wildman–Crippen MR) is 52.1 cm³/mol. The number of halogens is 1. The van der Waals surface area contributed by atoms with Crippen LogP contribution in [0.2, 0.25) is 0 Å². The van der Waals surface area contributed by atoms with Crippen molar-refractivity contribution in [3.8, 4) is 0 Å². The SMILES string of the molecule is O=C=C1C2CCC(CC2)CN1CCl. The van der Waals surface area contributed by atoms with Crippen molar-refractivity contribution in [2.75, 3.05) is 12.5 Å². The largest absolute Gasteiger partial charge is 0.352 e. The monoisotopic (exact) mass is 199 g/mol. The fraction of sp³-hybridized carbons (Fsp3) is 0.800. The number of rotatable bonds is 1. The number of carbonyl (C=O) groups excluding carboxylic acids is 1. The van der Waals surface area contributed by atoms with Gasteiger partial charge in [-0.15, -0.1) is 11.6 Å². The summed E-state index contributed by atoms with van der Waals surface area (Å²) < 4.78 is 0. The van der Waals surface area contributed by atoms with E-state index in [9.17, 15) is 4.79 Å². The van der Waals surface area contributed by atoms with Crippen molar-refractivity contribution in [3.63, 3.8) is 0 Å². The summed E-state index contributed by atoms with van der Waals surface area (Å²) in [4.78, 5) is 12.8. The molecule has 1 aliphatic carbocycles. The number of hydrogen-bond donors (Lipinski definition) is 0. The van der Waals surface area contributed by atoms with Crippen molar-refractivity contribution < 1.29 is 4.79 Å². The second kappa shape index (κ2) is 3.73. The number of fused-ring (bicyclic) bond motifs is 4. The Balaban J connectivity index is 2.26. The van der Waals surface area contributed by atoms with Gasteiger partial charge in [-0.1, -0.05) is 0 Å². The van der Waals surface area contributed by atoms with Gasteiger partial charge in [0, 0.05) is 12.5 Å². The molecule has 2 heterocycles. The minimum Gasteiger partial charge on any atom is -0.352 e. The molecule has 13 heavy (non-hydrogen) atoms. The molecule has 2 aliphatic heterocycles. The molecule has 0 radical (unpaired) electrons. The van der Waals surface area contributed by atoms with Crippen LogP contribution in [0, 0.1) is 11.8 Å². The van der Waals surface area contributed by atoms with Gasteiger partial charge in [-0.05, 0) is 31.6 Å². The lowest BCUT2D eigenvalue weighted by atomic mass is 9.83. The molecule has 0 aromatic carbocycles. The molecule has 72 valence electrons. The summed E-state index contributed by atoms with van der Waals surface area (Å²) in [5.74, 6) is 3.27. The first kappa shape index (κ1) is 9.11. The maximum atomic E-state index is 10.8. The molecular formula is C10H14ClNO. The Labute approximate surface area is 83.5 Å². The minimum absolute atomic E-state index is 0.440. The summed E-state index contributed by atoms with van der Waals surface area (Å²) in [6, 6.07) is 0.442. The van der Waals surface area contributed by atoms with Crippen LogP contribution in [0.3, 0.4) is 0 Å². The highest BCUT2D eigenvalue weighted by Crippen LogP contribution is 2.38. The van der Waals surface area contributed by atoms with Gasteiger partial charge in [0.05, 0.1) is 6.00 Å². The van der Waals surface area contributed by atoms with Crippen molar-refractivity contribution in [1.82, 2.24) is 4.90 Å². The van der Waals surface area contributed by atoms with Crippen LogP contribution in [-0.4, -0.2) is 23.4 Å². The molecular weight excluding hydrogens is 186 g/mol. The smallest absolute Gasteiger partial charge is 0.146 e. The molecule has 2 nitrogen and oxygen atoms in total. The maximum absolute atomic E-state index is 10.8. The topological polar surface area (TPSA) is 20.3 Å². The normalized spacial score (nSPS) is 33.0. The molecule has 3 rings (SSSR count). The lowest BCUT2D eigenvalue weighted by Gasteiger charge is -2.22. The van der Waals surface area contributed by atoms with E-state index in [4.69, 9.17) is 11.6 Å². The fourth-order valence-corrected chi connectivity index (χ4v) is 2.77. The Morgan fingerprint density at radius 2 is 2.08 bits per heavy atom. The summed E-state index contributed by atoms with van der Waals surface area (Å²) in [5, 5.41) is 0. The molecule has 0 unspecified atom stereocenters. The third-order valence-electron chi connectivity index (χ3n) is 3.30. The molecule has 2 saturated heterocycles. The van der Waals surface area contributed by atoms with Crippen LogP contribution in [-0.2, 0) is 4.79 Å². The van der Waals surface area contributed by atoms with Gasteiger partial charge in [0.1, 0.15) is 11.6 Å². The molecule has 2 bridgehead atoms. The average molecular weight is 200 g/mol. The van der Waals surface area contributed by atoms with Crippen molar-refractivity contribution in [1.29, 1.82) is 0 Å². The van der Waals surface area contributed by atoms with Crippen LogP contribution >= 0.6 is 11.6 Å². The van der Waals surface area contributed by atoms with E-state index < -0.39 is 0 Å². The van der Waals surface area contributed by atoms with Gasteiger partial charge in [-0.2, -0.15) is 0 Å². The van der Waals surface area contributed by atoms with Crippen molar-refractivity contribution in [2.45, 2.75) is 25.7 Å². The van der Waals surface area contributed by atoms with Gasteiger partial charge in [0.25, 0.3) is 0 Å². The van der Waals surface area contributed by atoms with E-state index in [1.54, 1.807) is 0 Å². The zero-order valence-corrected chi connectivity index (χ0v) is 8.39. The van der Waals surface area contributed by atoms with Gasteiger partial charge in [0.2, 0.25) is 0 Å². The third-order valence-corrected chi connectivity index (χ3v) is 3.59. The Morgan fingerprint density at radius 3 is 2.62 bits per heavy atom. The van der Waals surface area contributed by atoms with E-state index in [2.05, 4.69) is 5.94 Å². The molecule has 3 fully saturated rings. The van der Waals surface area contributed by atoms with Gasteiger partial charge in [-0.3, -0.25) is 0 Å². The Kier molecular flexibility index (Phi) is 2.61. The molecule has 0 aromatic heterocycles. The van der Waals surface area contributed by atoms with Crippen LogP contribution in [0.15, 0.2) is 5.70 Å². The number of alkyl halides is 1. The van der Waals surface area contributed by atoms with Gasteiger partial charge >= 0.3 is 0 Å². The van der Waals surface area contributed by atoms with E-state index in [1.807, 2.05) is 4.90 Å². The average Bonchev–Trinajstić information content (AvgIpc) is 2.45. The molecule has 0 N–H and O–H groups in total. The minimum atomic E-state index is 0.440. The fourth-order valence-electron chi connectivity index (χ4n) is 2.55. The van der Waals surface area contributed by atoms with E-state index >= 15 is 0 Å². The van der Waals surface area contributed by atoms with Crippen molar-refractivity contribution >= 4 is 17.5 Å². The quantitative estimate of drug-likeness (QED) is 0.366. The highest BCUT2D eigenvalue weighted by atomic mass is 35.5. The second-order valence-electron chi connectivity index (χ2n) is 4.05. The first-order valence-corrected chi connectivity index (χ1v) is 5.44. The summed E-state index contributed by atoms with van der Waals surface area (Å²) in [7, 11) is 0. The van der Waals surface area contributed by atoms with E-state index in [-0.39, 0.29) is 0 Å². The molecule has 3 aliphatic rings. The first-order valence-electron chi connectivity index (χ1n) is 4.91. The zero-order valence-electron chi connectivity index (χ0n) is 7.63. The Bertz CT molecular complexity index is 239. The third kappa shape index (κ3) is 1.61. The number of allylic oxidation sites excluding steroid dienone is 1. The van der Waals surface area contributed by atoms with Crippen LogP contribution in [0.25, 0.3) is 0 Å². The molecule has 0 aromatic rings. The highest BCUT2D eigenvalue weighted by Gasteiger charge is 2.33. The van der Waals surface area contributed by atoms with Crippen LogP contribution in [0.1, 0.15) is 25.7 Å². The van der Waals surface area contributed by atoms with Gasteiger partial charge < -0.3 is 4.90 Å². The van der Waals surface area contributed by atoms with E-state index in [0.29, 0.717) is 11.9 Å².